The van der Waals surface area contributed by atoms with Gasteiger partial charge in [0.2, 0.25) is 0 Å². The van der Waals surface area contributed by atoms with Crippen molar-refractivity contribution in [1.29, 1.82) is 0 Å². The Kier molecular flexibility index (Phi) is 3.90. The second-order valence-electron chi connectivity index (χ2n) is 6.96. The Balaban J connectivity index is 1.72. The monoisotopic (exact) mass is 331 g/mol. The molecule has 1 aliphatic rings. The summed E-state index contributed by atoms with van der Waals surface area (Å²) in [5.74, 6) is 0.408. The topological polar surface area (TPSA) is 101 Å². The zero-order valence-electron chi connectivity index (χ0n) is 14.0. The van der Waals surface area contributed by atoms with Crippen LogP contribution in [0.15, 0.2) is 22.1 Å². The lowest BCUT2D eigenvalue weighted by Crippen LogP contribution is -2.48. The second kappa shape index (κ2) is 5.77. The largest absolute Gasteiger partial charge is 0.444 e. The number of alkyl carbamates (subject to hydrolysis) is 1. The highest BCUT2D eigenvalue weighted by atomic mass is 16.6. The summed E-state index contributed by atoms with van der Waals surface area (Å²) >= 11 is 0. The minimum atomic E-state index is -0.526. The third-order valence-electron chi connectivity index (χ3n) is 3.97. The van der Waals surface area contributed by atoms with Gasteiger partial charge in [-0.25, -0.2) is 19.6 Å². The molecule has 1 amide bonds. The number of carbonyl (C=O) groups excluding carboxylic acids is 1. The summed E-state index contributed by atoms with van der Waals surface area (Å²) in [6, 6.07) is 1.79. The number of pyridine rings is 1. The van der Waals surface area contributed by atoms with Crippen molar-refractivity contribution >= 4 is 29.7 Å². The number of carbonyl (C=O) groups is 1. The van der Waals surface area contributed by atoms with Gasteiger partial charge in [0.1, 0.15) is 11.1 Å². The van der Waals surface area contributed by atoms with Crippen molar-refractivity contribution in [3.05, 3.63) is 22.7 Å². The normalized spacial score (nSPS) is 20.5. The fraction of sp³-hybridized carbons (Fsp3) is 0.500. The Bertz CT molecular complexity index is 839. The number of amides is 1. The molecule has 0 atom stereocenters. The summed E-state index contributed by atoms with van der Waals surface area (Å²) in [6.45, 7) is 8.93. The van der Waals surface area contributed by atoms with Crippen LogP contribution in [0.4, 0.5) is 10.6 Å². The number of aromatic amines is 1. The minimum Gasteiger partial charge on any atom is -0.444 e. The molecule has 24 heavy (non-hydrogen) atoms. The SMILES string of the molecule is C=Nc1nccc2c1[nH]c(=O)n2C1CC(NC(=O)OC(C)(C)C)C1. The van der Waals surface area contributed by atoms with Crippen LogP contribution in [-0.2, 0) is 4.74 Å². The highest BCUT2D eigenvalue weighted by molar-refractivity contribution is 5.85. The van der Waals surface area contributed by atoms with E-state index in [9.17, 15) is 9.59 Å². The first-order valence-electron chi connectivity index (χ1n) is 7.84. The van der Waals surface area contributed by atoms with E-state index >= 15 is 0 Å². The maximum absolute atomic E-state index is 12.3. The Morgan fingerprint density at radius 2 is 2.21 bits per heavy atom. The third-order valence-corrected chi connectivity index (χ3v) is 3.97. The molecule has 0 bridgehead atoms. The van der Waals surface area contributed by atoms with Crippen molar-refractivity contribution in [2.75, 3.05) is 0 Å². The van der Waals surface area contributed by atoms with E-state index in [1.165, 1.54) is 0 Å². The van der Waals surface area contributed by atoms with Crippen molar-refractivity contribution in [2.24, 2.45) is 4.99 Å². The molecule has 0 unspecified atom stereocenters. The fourth-order valence-corrected chi connectivity index (χ4v) is 2.91. The van der Waals surface area contributed by atoms with Crippen LogP contribution in [-0.4, -0.2) is 39.0 Å². The van der Waals surface area contributed by atoms with E-state index in [2.05, 4.69) is 27.0 Å². The number of nitrogens with zero attached hydrogens (tertiary/aromatic N) is 3. The molecule has 2 heterocycles. The summed E-state index contributed by atoms with van der Waals surface area (Å²) in [4.78, 5) is 34.7. The zero-order chi connectivity index (χ0) is 17.5. The van der Waals surface area contributed by atoms with Gasteiger partial charge in [0.25, 0.3) is 0 Å². The fourth-order valence-electron chi connectivity index (χ4n) is 2.91. The number of fused-ring (bicyclic) bond motifs is 1. The van der Waals surface area contributed by atoms with Crippen molar-refractivity contribution < 1.29 is 9.53 Å². The molecular formula is C16H21N5O3. The number of H-pyrrole nitrogens is 1. The molecule has 8 heteroatoms. The molecule has 2 aromatic rings. The van der Waals surface area contributed by atoms with E-state index in [0.717, 1.165) is 5.52 Å². The first-order valence-corrected chi connectivity index (χ1v) is 7.84. The number of nitrogens with one attached hydrogen (secondary N) is 2. The molecule has 0 saturated heterocycles. The number of hydrogen-bond acceptors (Lipinski definition) is 5. The summed E-state index contributed by atoms with van der Waals surface area (Å²) in [5, 5.41) is 2.83. The predicted molar refractivity (Wildman–Crippen MR) is 91.0 cm³/mol. The average Bonchev–Trinajstić information content (AvgIpc) is 2.76. The molecular weight excluding hydrogens is 310 g/mol. The Labute approximate surface area is 138 Å². The Hall–Kier alpha value is -2.64. The number of aliphatic imine (C=N–C) groups is 1. The number of imidazole rings is 1. The van der Waals surface area contributed by atoms with Crippen LogP contribution < -0.4 is 11.0 Å². The van der Waals surface area contributed by atoms with Gasteiger partial charge in [-0.3, -0.25) is 4.57 Å². The lowest BCUT2D eigenvalue weighted by molar-refractivity contribution is 0.0457. The second-order valence-corrected chi connectivity index (χ2v) is 6.96. The van der Waals surface area contributed by atoms with E-state index in [1.807, 2.05) is 20.8 Å². The summed E-state index contributed by atoms with van der Waals surface area (Å²) < 4.78 is 6.94. The summed E-state index contributed by atoms with van der Waals surface area (Å²) in [5.41, 5.74) is 0.602. The lowest BCUT2D eigenvalue weighted by Gasteiger charge is -2.36. The van der Waals surface area contributed by atoms with Crippen LogP contribution in [0, 0.1) is 0 Å². The van der Waals surface area contributed by atoms with Gasteiger partial charge in [0.15, 0.2) is 5.82 Å². The van der Waals surface area contributed by atoms with Crippen LogP contribution in [0.2, 0.25) is 0 Å². The first kappa shape index (κ1) is 16.2. The van der Waals surface area contributed by atoms with Crippen LogP contribution in [0.3, 0.4) is 0 Å². The van der Waals surface area contributed by atoms with Gasteiger partial charge < -0.3 is 15.0 Å². The lowest BCUT2D eigenvalue weighted by atomic mass is 9.86. The zero-order valence-corrected chi connectivity index (χ0v) is 14.0. The average molecular weight is 331 g/mol. The number of rotatable bonds is 3. The number of aromatic nitrogens is 3. The van der Waals surface area contributed by atoms with Crippen LogP contribution in [0.1, 0.15) is 39.7 Å². The number of hydrogen-bond donors (Lipinski definition) is 2. The van der Waals surface area contributed by atoms with E-state index in [-0.39, 0.29) is 17.8 Å². The van der Waals surface area contributed by atoms with Crippen molar-refractivity contribution in [3.8, 4) is 0 Å². The maximum Gasteiger partial charge on any atom is 0.407 e. The summed E-state index contributed by atoms with van der Waals surface area (Å²) in [6.07, 6.45) is 2.52. The smallest absolute Gasteiger partial charge is 0.407 e. The van der Waals surface area contributed by atoms with Crippen molar-refractivity contribution in [3.63, 3.8) is 0 Å². The molecule has 0 aliphatic heterocycles. The van der Waals surface area contributed by atoms with Gasteiger partial charge in [-0.2, -0.15) is 0 Å². The van der Waals surface area contributed by atoms with Crippen LogP contribution in [0.25, 0.3) is 11.0 Å². The van der Waals surface area contributed by atoms with Crippen molar-refractivity contribution in [1.82, 2.24) is 19.9 Å². The van der Waals surface area contributed by atoms with E-state index in [4.69, 9.17) is 4.74 Å². The van der Waals surface area contributed by atoms with Gasteiger partial charge in [-0.15, -0.1) is 0 Å². The molecule has 1 fully saturated rings. The first-order chi connectivity index (χ1) is 11.3. The van der Waals surface area contributed by atoms with Gasteiger partial charge in [0.05, 0.1) is 5.52 Å². The highest BCUT2D eigenvalue weighted by Gasteiger charge is 2.34. The Morgan fingerprint density at radius 3 is 2.83 bits per heavy atom. The molecule has 1 aliphatic carbocycles. The molecule has 0 spiro atoms. The minimum absolute atomic E-state index is 0.000497. The molecule has 2 aromatic heterocycles. The van der Waals surface area contributed by atoms with Gasteiger partial charge in [-0.1, -0.05) is 0 Å². The summed E-state index contributed by atoms with van der Waals surface area (Å²) in [7, 11) is 0. The van der Waals surface area contributed by atoms with Crippen LogP contribution in [0.5, 0.6) is 0 Å². The van der Waals surface area contributed by atoms with Crippen LogP contribution >= 0.6 is 0 Å². The maximum atomic E-state index is 12.3. The van der Waals surface area contributed by atoms with E-state index in [1.54, 1.807) is 16.8 Å². The standard InChI is InChI=1S/C16H21N5O3/c1-16(2,3)24-15(23)19-9-7-10(8-9)21-11-5-6-18-13(17-4)12(11)20-14(21)22/h5-6,9-10H,4,7-8H2,1-3H3,(H,19,23)(H,20,22). The van der Waals surface area contributed by atoms with Gasteiger partial charge in [0, 0.05) is 18.3 Å². The third kappa shape index (κ3) is 3.04. The van der Waals surface area contributed by atoms with Gasteiger partial charge in [-0.05, 0) is 46.4 Å². The van der Waals surface area contributed by atoms with Crippen molar-refractivity contribution in [2.45, 2.75) is 51.3 Å². The Morgan fingerprint density at radius 1 is 1.50 bits per heavy atom. The molecule has 1 saturated carbocycles. The molecule has 2 N–H and O–H groups in total. The molecule has 3 rings (SSSR count). The molecule has 128 valence electrons. The van der Waals surface area contributed by atoms with Gasteiger partial charge >= 0.3 is 11.8 Å². The van der Waals surface area contributed by atoms with E-state index < -0.39 is 11.7 Å². The molecule has 0 aromatic carbocycles. The molecule has 8 nitrogen and oxygen atoms in total. The quantitative estimate of drug-likeness (QED) is 0.842. The predicted octanol–water partition coefficient (Wildman–Crippen LogP) is 2.28. The number of ether oxygens (including phenoxy) is 1. The highest BCUT2D eigenvalue weighted by Crippen LogP contribution is 2.34. The molecule has 0 radical (unpaired) electrons. The van der Waals surface area contributed by atoms with E-state index in [0.29, 0.717) is 24.2 Å².